The van der Waals surface area contributed by atoms with Gasteiger partial charge in [0.05, 0.1) is 23.1 Å². The number of carbonyl (C=O) groups is 1. The van der Waals surface area contributed by atoms with E-state index in [1.165, 1.54) is 29.0 Å². The van der Waals surface area contributed by atoms with E-state index in [0.717, 1.165) is 11.3 Å². The van der Waals surface area contributed by atoms with Crippen LogP contribution in [0.4, 0.5) is 5.00 Å². The lowest BCUT2D eigenvalue weighted by Crippen LogP contribution is -2.22. The summed E-state index contributed by atoms with van der Waals surface area (Å²) in [4.78, 5) is 33.9. The second kappa shape index (κ2) is 6.52. The predicted octanol–water partition coefficient (Wildman–Crippen LogP) is 2.43. The molecule has 0 radical (unpaired) electrons. The largest absolute Gasteiger partial charge is 0.459 e. The van der Waals surface area contributed by atoms with Gasteiger partial charge < -0.3 is 9.30 Å². The van der Waals surface area contributed by atoms with Crippen LogP contribution in [0.2, 0.25) is 0 Å². The average Bonchev–Trinajstić information content (AvgIpc) is 2.89. The smallest absolute Gasteiger partial charge is 0.338 e. The molecule has 0 amide bonds. The topological polar surface area (TPSA) is 91.4 Å². The van der Waals surface area contributed by atoms with Crippen molar-refractivity contribution in [1.82, 2.24) is 4.57 Å². The fourth-order valence-corrected chi connectivity index (χ4v) is 2.51. The molecule has 2 rings (SSSR count). The van der Waals surface area contributed by atoms with Crippen molar-refractivity contribution in [2.75, 3.05) is 0 Å². The van der Waals surface area contributed by atoms with Crippen LogP contribution in [0.3, 0.4) is 0 Å². The monoisotopic (exact) mass is 322 g/mol. The van der Waals surface area contributed by atoms with Gasteiger partial charge in [0.15, 0.2) is 0 Å². The maximum atomic E-state index is 12.0. The molecule has 0 bridgehead atoms. The van der Waals surface area contributed by atoms with Gasteiger partial charge in [-0.1, -0.05) is 11.3 Å². The van der Waals surface area contributed by atoms with Crippen LogP contribution >= 0.6 is 11.3 Å². The molecule has 0 aliphatic carbocycles. The highest BCUT2D eigenvalue weighted by molar-refractivity contribution is 7.13. The number of hydrogen-bond donors (Lipinski definition) is 0. The molecule has 0 saturated carbocycles. The molecule has 0 N–H and O–H groups in total. The fourth-order valence-electron chi connectivity index (χ4n) is 1.79. The number of rotatable bonds is 5. The lowest BCUT2D eigenvalue weighted by molar-refractivity contribution is -0.380. The van der Waals surface area contributed by atoms with E-state index < -0.39 is 10.9 Å². The maximum absolute atomic E-state index is 12.0. The number of esters is 1. The van der Waals surface area contributed by atoms with Crippen molar-refractivity contribution >= 4 is 22.3 Å². The Morgan fingerprint density at radius 3 is 2.73 bits per heavy atom. The van der Waals surface area contributed by atoms with Crippen LogP contribution in [0.25, 0.3) is 0 Å². The molecule has 0 unspecified atom stereocenters. The van der Waals surface area contributed by atoms with Crippen molar-refractivity contribution in [3.8, 4) is 0 Å². The second-order valence-electron chi connectivity index (χ2n) is 4.89. The summed E-state index contributed by atoms with van der Waals surface area (Å²) >= 11 is 1.01. The molecule has 0 aliphatic heterocycles. The van der Waals surface area contributed by atoms with Gasteiger partial charge in [-0.05, 0) is 25.5 Å². The minimum absolute atomic E-state index is 0.0279. The molecule has 0 fully saturated rings. The molecule has 0 atom stereocenters. The van der Waals surface area contributed by atoms with Gasteiger partial charge in [-0.25, -0.2) is 4.79 Å². The quantitative estimate of drug-likeness (QED) is 0.479. The Labute approximate surface area is 129 Å². The van der Waals surface area contributed by atoms with Crippen LogP contribution in [0.15, 0.2) is 34.6 Å². The number of thiophene rings is 1. The summed E-state index contributed by atoms with van der Waals surface area (Å²) in [5.41, 5.74) is 0.481. The third-order valence-electron chi connectivity index (χ3n) is 2.75. The molecule has 116 valence electrons. The van der Waals surface area contributed by atoms with Gasteiger partial charge in [0.2, 0.25) is 0 Å². The maximum Gasteiger partial charge on any atom is 0.338 e. The van der Waals surface area contributed by atoms with E-state index in [1.807, 2.05) is 0 Å². The van der Waals surface area contributed by atoms with Crippen LogP contribution in [0.1, 0.15) is 29.8 Å². The first-order valence-corrected chi connectivity index (χ1v) is 7.38. The summed E-state index contributed by atoms with van der Waals surface area (Å²) in [6.45, 7) is 3.66. The molecule has 7 nitrogen and oxygen atoms in total. The Bertz CT molecular complexity index is 763. The summed E-state index contributed by atoms with van der Waals surface area (Å²) < 4.78 is 6.39. The number of nitro groups is 1. The highest BCUT2D eigenvalue weighted by atomic mass is 32.1. The van der Waals surface area contributed by atoms with Gasteiger partial charge in [0.1, 0.15) is 0 Å². The Morgan fingerprint density at radius 1 is 1.45 bits per heavy atom. The molecule has 2 aromatic heterocycles. The number of ether oxygens (including phenoxy) is 1. The molecule has 0 aliphatic rings. The van der Waals surface area contributed by atoms with Crippen molar-refractivity contribution < 1.29 is 14.5 Å². The first-order chi connectivity index (χ1) is 10.4. The second-order valence-corrected chi connectivity index (χ2v) is 5.78. The van der Waals surface area contributed by atoms with Crippen molar-refractivity contribution in [3.63, 3.8) is 0 Å². The van der Waals surface area contributed by atoms with Gasteiger partial charge in [0, 0.05) is 23.7 Å². The number of hydrogen-bond acceptors (Lipinski definition) is 6. The van der Waals surface area contributed by atoms with E-state index in [0.29, 0.717) is 5.56 Å². The van der Waals surface area contributed by atoms with E-state index in [2.05, 4.69) is 0 Å². The molecular formula is C14H14N2O5S. The summed E-state index contributed by atoms with van der Waals surface area (Å²) in [6.07, 6.45) is 1.21. The SMILES string of the molecule is CC(C)OC(=O)c1ccn(Cc2csc([N+](=O)[O-])c2)c(=O)c1. The van der Waals surface area contributed by atoms with Crippen molar-refractivity contribution in [2.24, 2.45) is 0 Å². The zero-order valence-electron chi connectivity index (χ0n) is 12.0. The third kappa shape index (κ3) is 3.79. The summed E-state index contributed by atoms with van der Waals surface area (Å²) in [7, 11) is 0. The minimum Gasteiger partial charge on any atom is -0.459 e. The van der Waals surface area contributed by atoms with Crippen LogP contribution < -0.4 is 5.56 Å². The third-order valence-corrected chi connectivity index (χ3v) is 3.68. The molecule has 0 saturated heterocycles. The highest BCUT2D eigenvalue weighted by Gasteiger charge is 2.13. The predicted molar refractivity (Wildman–Crippen MR) is 81.3 cm³/mol. The van der Waals surface area contributed by atoms with Gasteiger partial charge in [0.25, 0.3) is 5.56 Å². The molecular weight excluding hydrogens is 308 g/mol. The van der Waals surface area contributed by atoms with E-state index in [9.17, 15) is 19.7 Å². The standard InChI is InChI=1S/C14H14N2O5S/c1-9(2)21-14(18)11-3-4-15(12(17)6-11)7-10-5-13(16(19)20)22-8-10/h3-6,8-9H,7H2,1-2H3. The van der Waals surface area contributed by atoms with E-state index in [4.69, 9.17) is 4.74 Å². The molecule has 2 aromatic rings. The lowest BCUT2D eigenvalue weighted by Gasteiger charge is -2.09. The number of nitrogens with zero attached hydrogens (tertiary/aromatic N) is 2. The first kappa shape index (κ1) is 15.9. The van der Waals surface area contributed by atoms with Crippen LogP contribution in [-0.4, -0.2) is 21.6 Å². The molecule has 8 heteroatoms. The Kier molecular flexibility index (Phi) is 4.71. The Morgan fingerprint density at radius 2 is 2.18 bits per heavy atom. The van der Waals surface area contributed by atoms with Gasteiger partial charge >= 0.3 is 11.0 Å². The van der Waals surface area contributed by atoms with Gasteiger partial charge in [-0.2, -0.15) is 0 Å². The van der Waals surface area contributed by atoms with E-state index in [1.54, 1.807) is 19.2 Å². The lowest BCUT2D eigenvalue weighted by atomic mass is 10.2. The fraction of sp³-hybridized carbons (Fsp3) is 0.286. The van der Waals surface area contributed by atoms with Gasteiger partial charge in [-0.3, -0.25) is 14.9 Å². The average molecular weight is 322 g/mol. The molecule has 2 heterocycles. The first-order valence-electron chi connectivity index (χ1n) is 6.50. The summed E-state index contributed by atoms with van der Waals surface area (Å²) in [5, 5.41) is 12.3. The zero-order valence-corrected chi connectivity index (χ0v) is 12.8. The normalized spacial score (nSPS) is 10.7. The Hall–Kier alpha value is -2.48. The van der Waals surface area contributed by atoms with Crippen molar-refractivity contribution in [3.05, 3.63) is 61.4 Å². The zero-order chi connectivity index (χ0) is 16.3. The van der Waals surface area contributed by atoms with Gasteiger partial charge in [-0.15, -0.1) is 0 Å². The minimum atomic E-state index is -0.551. The summed E-state index contributed by atoms with van der Waals surface area (Å²) in [6, 6.07) is 4.12. The number of pyridine rings is 1. The van der Waals surface area contributed by atoms with Crippen molar-refractivity contribution in [2.45, 2.75) is 26.5 Å². The van der Waals surface area contributed by atoms with E-state index in [-0.39, 0.29) is 28.8 Å². The molecule has 0 aromatic carbocycles. The Balaban J connectivity index is 2.17. The van der Waals surface area contributed by atoms with Crippen LogP contribution in [0, 0.1) is 10.1 Å². The molecule has 22 heavy (non-hydrogen) atoms. The summed E-state index contributed by atoms with van der Waals surface area (Å²) in [5.74, 6) is -0.551. The van der Waals surface area contributed by atoms with Crippen LogP contribution in [-0.2, 0) is 11.3 Å². The van der Waals surface area contributed by atoms with Crippen molar-refractivity contribution in [1.29, 1.82) is 0 Å². The van der Waals surface area contributed by atoms with Crippen LogP contribution in [0.5, 0.6) is 0 Å². The molecule has 0 spiro atoms. The number of carbonyl (C=O) groups excluding carboxylic acids is 1. The highest BCUT2D eigenvalue weighted by Crippen LogP contribution is 2.22. The number of aromatic nitrogens is 1. The van der Waals surface area contributed by atoms with E-state index >= 15 is 0 Å².